The fourth-order valence-corrected chi connectivity index (χ4v) is 1.93. The third kappa shape index (κ3) is 2.93. The minimum Gasteiger partial charge on any atom is -0.381 e. The molecule has 0 bridgehead atoms. The Morgan fingerprint density at radius 1 is 1.08 bits per heavy atom. The molecule has 76 valence electrons. The zero-order valence-electron chi connectivity index (χ0n) is 8.22. The van der Waals surface area contributed by atoms with Crippen molar-refractivity contribution in [3.63, 3.8) is 0 Å². The van der Waals surface area contributed by atoms with Gasteiger partial charge in [-0.1, -0.05) is 0 Å². The van der Waals surface area contributed by atoms with Crippen LogP contribution in [-0.4, -0.2) is 39.4 Å². The number of nitrogens with one attached hydrogen (secondary N) is 2. The molecule has 2 heterocycles. The molecule has 0 atom stereocenters. The smallest absolute Gasteiger partial charge is 0.0469 e. The van der Waals surface area contributed by atoms with Gasteiger partial charge >= 0.3 is 0 Å². The summed E-state index contributed by atoms with van der Waals surface area (Å²) in [6.45, 7) is 6.75. The molecule has 0 aliphatic carbocycles. The molecule has 0 aromatic heterocycles. The molecule has 13 heavy (non-hydrogen) atoms. The Hall–Kier alpha value is -0.120. The summed E-state index contributed by atoms with van der Waals surface area (Å²) in [7, 11) is 0. The second-order valence-corrected chi connectivity index (χ2v) is 4.24. The van der Waals surface area contributed by atoms with Gasteiger partial charge in [-0.15, -0.1) is 0 Å². The van der Waals surface area contributed by atoms with Gasteiger partial charge in [-0.2, -0.15) is 0 Å². The second-order valence-electron chi connectivity index (χ2n) is 4.24. The van der Waals surface area contributed by atoms with Gasteiger partial charge in [0, 0.05) is 32.8 Å². The van der Waals surface area contributed by atoms with E-state index in [2.05, 4.69) is 10.6 Å². The van der Waals surface area contributed by atoms with Gasteiger partial charge in [0.1, 0.15) is 0 Å². The molecular formula is C10H20N2O. The predicted molar refractivity (Wildman–Crippen MR) is 52.8 cm³/mol. The molecule has 0 aromatic rings. The Morgan fingerprint density at radius 3 is 2.38 bits per heavy atom. The summed E-state index contributed by atoms with van der Waals surface area (Å²) in [6.07, 6.45) is 2.49. The van der Waals surface area contributed by atoms with Crippen LogP contribution in [0.1, 0.15) is 12.8 Å². The highest BCUT2D eigenvalue weighted by molar-refractivity contribution is 4.77. The zero-order valence-corrected chi connectivity index (χ0v) is 8.22. The Labute approximate surface area is 80.2 Å². The van der Waals surface area contributed by atoms with Crippen LogP contribution in [-0.2, 0) is 4.74 Å². The summed E-state index contributed by atoms with van der Waals surface area (Å²) in [5.74, 6) is 1.75. The molecule has 0 saturated carbocycles. The van der Waals surface area contributed by atoms with Crippen molar-refractivity contribution in [3.05, 3.63) is 0 Å². The lowest BCUT2D eigenvalue weighted by atomic mass is 9.99. The van der Waals surface area contributed by atoms with Crippen molar-refractivity contribution in [3.8, 4) is 0 Å². The summed E-state index contributed by atoms with van der Waals surface area (Å²) in [6, 6.07) is 0. The summed E-state index contributed by atoms with van der Waals surface area (Å²) < 4.78 is 5.32. The fourth-order valence-electron chi connectivity index (χ4n) is 1.93. The van der Waals surface area contributed by atoms with Crippen molar-refractivity contribution >= 4 is 0 Å². The number of rotatable bonds is 4. The highest BCUT2D eigenvalue weighted by atomic mass is 16.5. The van der Waals surface area contributed by atoms with Crippen LogP contribution in [0.2, 0.25) is 0 Å². The van der Waals surface area contributed by atoms with Gasteiger partial charge in [-0.05, 0) is 31.2 Å². The van der Waals surface area contributed by atoms with Crippen molar-refractivity contribution in [1.82, 2.24) is 10.6 Å². The predicted octanol–water partition coefficient (Wildman–Crippen LogP) is 0.222. The molecule has 3 nitrogen and oxygen atoms in total. The normalized spacial score (nSPS) is 25.8. The summed E-state index contributed by atoms with van der Waals surface area (Å²) in [5.41, 5.74) is 0. The Morgan fingerprint density at radius 2 is 1.77 bits per heavy atom. The van der Waals surface area contributed by atoms with E-state index in [0.29, 0.717) is 0 Å². The van der Waals surface area contributed by atoms with E-state index in [4.69, 9.17) is 4.74 Å². The molecule has 2 fully saturated rings. The maximum Gasteiger partial charge on any atom is 0.0469 e. The highest BCUT2D eigenvalue weighted by Gasteiger charge is 2.17. The van der Waals surface area contributed by atoms with Crippen LogP contribution in [0.25, 0.3) is 0 Å². The van der Waals surface area contributed by atoms with Gasteiger partial charge in [0.15, 0.2) is 0 Å². The van der Waals surface area contributed by atoms with Crippen molar-refractivity contribution in [2.75, 3.05) is 39.4 Å². The standard InChI is InChI=1S/C10H20N2O/c1-3-13-4-2-9(1)5-11-6-10-7-12-8-10/h9-12H,1-8H2. The van der Waals surface area contributed by atoms with Gasteiger partial charge < -0.3 is 15.4 Å². The average Bonchev–Trinajstić information content (AvgIpc) is 2.11. The Kier molecular flexibility index (Phi) is 3.58. The SMILES string of the molecule is C1CC(CNCC2CNC2)CCO1. The van der Waals surface area contributed by atoms with Gasteiger partial charge in [0.05, 0.1) is 0 Å². The third-order valence-corrected chi connectivity index (χ3v) is 3.07. The first kappa shape index (κ1) is 9.44. The maximum atomic E-state index is 5.32. The number of ether oxygens (including phenoxy) is 1. The van der Waals surface area contributed by atoms with Gasteiger partial charge in [-0.25, -0.2) is 0 Å². The zero-order chi connectivity index (χ0) is 8.93. The van der Waals surface area contributed by atoms with E-state index < -0.39 is 0 Å². The quantitative estimate of drug-likeness (QED) is 0.656. The molecule has 2 rings (SSSR count). The van der Waals surface area contributed by atoms with E-state index in [1.165, 1.54) is 39.0 Å². The molecule has 2 aliphatic heterocycles. The number of hydrogen-bond donors (Lipinski definition) is 2. The molecule has 0 aromatic carbocycles. The molecule has 2 saturated heterocycles. The van der Waals surface area contributed by atoms with E-state index in [-0.39, 0.29) is 0 Å². The van der Waals surface area contributed by atoms with Crippen molar-refractivity contribution in [1.29, 1.82) is 0 Å². The van der Waals surface area contributed by atoms with E-state index in [0.717, 1.165) is 25.0 Å². The largest absolute Gasteiger partial charge is 0.381 e. The van der Waals surface area contributed by atoms with Crippen LogP contribution in [0.3, 0.4) is 0 Å². The van der Waals surface area contributed by atoms with E-state index in [9.17, 15) is 0 Å². The van der Waals surface area contributed by atoms with Crippen LogP contribution in [0.5, 0.6) is 0 Å². The lowest BCUT2D eigenvalue weighted by molar-refractivity contribution is 0.0658. The van der Waals surface area contributed by atoms with Crippen molar-refractivity contribution in [2.24, 2.45) is 11.8 Å². The van der Waals surface area contributed by atoms with Crippen molar-refractivity contribution in [2.45, 2.75) is 12.8 Å². The fraction of sp³-hybridized carbons (Fsp3) is 1.00. The lowest BCUT2D eigenvalue weighted by Crippen LogP contribution is -2.47. The van der Waals surface area contributed by atoms with E-state index >= 15 is 0 Å². The summed E-state index contributed by atoms with van der Waals surface area (Å²) >= 11 is 0. The lowest BCUT2D eigenvalue weighted by Gasteiger charge is -2.29. The molecule has 0 amide bonds. The molecule has 0 unspecified atom stereocenters. The highest BCUT2D eigenvalue weighted by Crippen LogP contribution is 2.13. The van der Waals surface area contributed by atoms with Gasteiger partial charge in [-0.3, -0.25) is 0 Å². The number of hydrogen-bond acceptors (Lipinski definition) is 3. The molecule has 2 N–H and O–H groups in total. The topological polar surface area (TPSA) is 33.3 Å². The third-order valence-electron chi connectivity index (χ3n) is 3.07. The molecule has 2 aliphatic rings. The monoisotopic (exact) mass is 184 g/mol. The van der Waals surface area contributed by atoms with Crippen LogP contribution in [0.15, 0.2) is 0 Å². The van der Waals surface area contributed by atoms with Crippen molar-refractivity contribution < 1.29 is 4.74 Å². The molecule has 0 spiro atoms. The Balaban J connectivity index is 1.50. The van der Waals surface area contributed by atoms with E-state index in [1.807, 2.05) is 0 Å². The van der Waals surface area contributed by atoms with Crippen LogP contribution < -0.4 is 10.6 Å². The van der Waals surface area contributed by atoms with Crippen LogP contribution >= 0.6 is 0 Å². The van der Waals surface area contributed by atoms with Crippen LogP contribution in [0, 0.1) is 11.8 Å². The molecular weight excluding hydrogens is 164 g/mol. The first-order valence-corrected chi connectivity index (χ1v) is 5.44. The minimum absolute atomic E-state index is 0.863. The minimum atomic E-state index is 0.863. The second kappa shape index (κ2) is 4.94. The molecule has 3 heteroatoms. The van der Waals surface area contributed by atoms with Gasteiger partial charge in [0.25, 0.3) is 0 Å². The van der Waals surface area contributed by atoms with Crippen LogP contribution in [0.4, 0.5) is 0 Å². The van der Waals surface area contributed by atoms with Gasteiger partial charge in [0.2, 0.25) is 0 Å². The average molecular weight is 184 g/mol. The first-order chi connectivity index (χ1) is 6.45. The molecule has 0 radical (unpaired) electrons. The Bertz CT molecular complexity index is 142. The van der Waals surface area contributed by atoms with E-state index in [1.54, 1.807) is 0 Å². The maximum absolute atomic E-state index is 5.32. The summed E-state index contributed by atoms with van der Waals surface area (Å²) in [5, 5.41) is 6.85. The summed E-state index contributed by atoms with van der Waals surface area (Å²) in [4.78, 5) is 0. The first-order valence-electron chi connectivity index (χ1n) is 5.44.